The van der Waals surface area contributed by atoms with Crippen molar-refractivity contribution in [3.63, 3.8) is 0 Å². The van der Waals surface area contributed by atoms with Crippen LogP contribution in [0.1, 0.15) is 18.4 Å². The molecule has 0 aromatic heterocycles. The molecule has 0 amide bonds. The number of methoxy groups -OCH3 is 1. The van der Waals surface area contributed by atoms with Gasteiger partial charge in [-0.25, -0.2) is 0 Å². The topological polar surface area (TPSA) is 35.2 Å². The standard InChI is InChI=1S/C13H18F3NO/c1-18-12-4-2-10(3-5-12)8-11(6-7-17)9-13(14,15)16/h2-5,11H,6-9,17H2,1H3. The van der Waals surface area contributed by atoms with Crippen molar-refractivity contribution >= 4 is 0 Å². The van der Waals surface area contributed by atoms with E-state index in [-0.39, 0.29) is 6.54 Å². The Kier molecular flexibility index (Phi) is 5.47. The predicted molar refractivity (Wildman–Crippen MR) is 64.5 cm³/mol. The second kappa shape index (κ2) is 6.64. The van der Waals surface area contributed by atoms with Crippen LogP contribution in [0.5, 0.6) is 5.75 Å². The summed E-state index contributed by atoms with van der Waals surface area (Å²) in [6.07, 6.45) is -4.14. The molecule has 0 heterocycles. The van der Waals surface area contributed by atoms with Gasteiger partial charge in [-0.3, -0.25) is 0 Å². The van der Waals surface area contributed by atoms with E-state index in [0.29, 0.717) is 18.6 Å². The van der Waals surface area contributed by atoms with Crippen molar-refractivity contribution < 1.29 is 17.9 Å². The average molecular weight is 261 g/mol. The lowest BCUT2D eigenvalue weighted by molar-refractivity contribution is -0.144. The molecule has 0 aliphatic rings. The van der Waals surface area contributed by atoms with Gasteiger partial charge < -0.3 is 10.5 Å². The van der Waals surface area contributed by atoms with Crippen molar-refractivity contribution in [1.29, 1.82) is 0 Å². The van der Waals surface area contributed by atoms with Crippen LogP contribution in [-0.4, -0.2) is 19.8 Å². The Morgan fingerprint density at radius 1 is 1.22 bits per heavy atom. The van der Waals surface area contributed by atoms with E-state index in [1.165, 1.54) is 0 Å². The number of ether oxygens (including phenoxy) is 1. The number of benzene rings is 1. The minimum absolute atomic E-state index is 0.275. The van der Waals surface area contributed by atoms with E-state index in [4.69, 9.17) is 10.5 Å². The molecule has 1 rings (SSSR count). The first kappa shape index (κ1) is 14.8. The molecule has 0 saturated heterocycles. The Labute approximate surface area is 105 Å². The van der Waals surface area contributed by atoms with E-state index in [0.717, 1.165) is 5.56 Å². The van der Waals surface area contributed by atoms with Crippen molar-refractivity contribution in [3.8, 4) is 5.75 Å². The number of hydrogen-bond acceptors (Lipinski definition) is 2. The van der Waals surface area contributed by atoms with Crippen molar-refractivity contribution in [2.45, 2.75) is 25.4 Å². The van der Waals surface area contributed by atoms with Crippen LogP contribution in [0, 0.1) is 5.92 Å². The molecule has 0 saturated carbocycles. The second-order valence-corrected chi connectivity index (χ2v) is 4.31. The van der Waals surface area contributed by atoms with Crippen LogP contribution < -0.4 is 10.5 Å². The zero-order valence-corrected chi connectivity index (χ0v) is 10.3. The largest absolute Gasteiger partial charge is 0.497 e. The van der Waals surface area contributed by atoms with Crippen LogP contribution in [-0.2, 0) is 6.42 Å². The fourth-order valence-corrected chi connectivity index (χ4v) is 1.93. The maximum absolute atomic E-state index is 12.4. The molecule has 18 heavy (non-hydrogen) atoms. The van der Waals surface area contributed by atoms with Gasteiger partial charge in [0.15, 0.2) is 0 Å². The molecule has 0 radical (unpaired) electrons. The fourth-order valence-electron chi connectivity index (χ4n) is 1.93. The number of halogens is 3. The third-order valence-electron chi connectivity index (χ3n) is 2.78. The normalized spacial score (nSPS) is 13.4. The summed E-state index contributed by atoms with van der Waals surface area (Å²) in [7, 11) is 1.55. The molecule has 0 aliphatic carbocycles. The summed E-state index contributed by atoms with van der Waals surface area (Å²) in [5.41, 5.74) is 6.23. The number of hydrogen-bond donors (Lipinski definition) is 1. The van der Waals surface area contributed by atoms with Gasteiger partial charge >= 0.3 is 6.18 Å². The van der Waals surface area contributed by atoms with Gasteiger partial charge in [-0.2, -0.15) is 13.2 Å². The third-order valence-corrected chi connectivity index (χ3v) is 2.78. The molecule has 0 aliphatic heterocycles. The van der Waals surface area contributed by atoms with Gasteiger partial charge in [0, 0.05) is 6.42 Å². The maximum atomic E-state index is 12.4. The van der Waals surface area contributed by atoms with Crippen LogP contribution in [0.25, 0.3) is 0 Å². The Morgan fingerprint density at radius 2 is 1.83 bits per heavy atom. The van der Waals surface area contributed by atoms with Crippen molar-refractivity contribution in [1.82, 2.24) is 0 Å². The lowest BCUT2D eigenvalue weighted by atomic mass is 9.93. The van der Waals surface area contributed by atoms with E-state index in [1.807, 2.05) is 0 Å². The molecule has 0 fully saturated rings. The van der Waals surface area contributed by atoms with E-state index in [2.05, 4.69) is 0 Å². The van der Waals surface area contributed by atoms with Crippen molar-refractivity contribution in [2.75, 3.05) is 13.7 Å². The quantitative estimate of drug-likeness (QED) is 0.853. The molecule has 1 atom stereocenters. The molecular weight excluding hydrogens is 243 g/mol. The van der Waals surface area contributed by atoms with E-state index in [9.17, 15) is 13.2 Å². The molecular formula is C13H18F3NO. The molecule has 0 bridgehead atoms. The van der Waals surface area contributed by atoms with Crippen molar-refractivity contribution in [3.05, 3.63) is 29.8 Å². The van der Waals surface area contributed by atoms with Gasteiger partial charge in [0.1, 0.15) is 5.75 Å². The summed E-state index contributed by atoms with van der Waals surface area (Å²) in [6, 6.07) is 7.09. The number of alkyl halides is 3. The number of nitrogens with two attached hydrogens (primary N) is 1. The predicted octanol–water partition coefficient (Wildman–Crippen LogP) is 3.16. The highest BCUT2D eigenvalue weighted by Crippen LogP contribution is 2.29. The van der Waals surface area contributed by atoms with Gasteiger partial charge in [-0.15, -0.1) is 0 Å². The monoisotopic (exact) mass is 261 g/mol. The second-order valence-electron chi connectivity index (χ2n) is 4.31. The van der Waals surface area contributed by atoms with Gasteiger partial charge in [0.2, 0.25) is 0 Å². The van der Waals surface area contributed by atoms with Gasteiger partial charge in [-0.1, -0.05) is 12.1 Å². The molecule has 5 heteroatoms. The van der Waals surface area contributed by atoms with Crippen LogP contribution in [0.4, 0.5) is 13.2 Å². The molecule has 2 N–H and O–H groups in total. The molecule has 1 aromatic rings. The fraction of sp³-hybridized carbons (Fsp3) is 0.538. The lowest BCUT2D eigenvalue weighted by Crippen LogP contribution is -2.19. The summed E-state index contributed by atoms with van der Waals surface area (Å²) in [5, 5.41) is 0. The third kappa shape index (κ3) is 5.40. The van der Waals surface area contributed by atoms with Crippen LogP contribution >= 0.6 is 0 Å². The highest BCUT2D eigenvalue weighted by Gasteiger charge is 2.31. The first-order valence-electron chi connectivity index (χ1n) is 5.84. The van der Waals surface area contributed by atoms with Gasteiger partial charge in [0.05, 0.1) is 7.11 Å². The van der Waals surface area contributed by atoms with E-state index >= 15 is 0 Å². The lowest BCUT2D eigenvalue weighted by Gasteiger charge is -2.18. The first-order valence-corrected chi connectivity index (χ1v) is 5.84. The maximum Gasteiger partial charge on any atom is 0.389 e. The van der Waals surface area contributed by atoms with Crippen molar-refractivity contribution in [2.24, 2.45) is 11.7 Å². The first-order chi connectivity index (χ1) is 8.44. The van der Waals surface area contributed by atoms with Gasteiger partial charge in [0.25, 0.3) is 0 Å². The smallest absolute Gasteiger partial charge is 0.389 e. The summed E-state index contributed by atoms with van der Waals surface area (Å²) >= 11 is 0. The zero-order valence-electron chi connectivity index (χ0n) is 10.3. The summed E-state index contributed by atoms with van der Waals surface area (Å²) in [6.45, 7) is 0.275. The van der Waals surface area contributed by atoms with E-state index in [1.54, 1.807) is 31.4 Å². The minimum Gasteiger partial charge on any atom is -0.497 e. The van der Waals surface area contributed by atoms with Gasteiger partial charge in [-0.05, 0) is 43.0 Å². The SMILES string of the molecule is COc1ccc(CC(CCN)CC(F)(F)F)cc1. The average Bonchev–Trinajstić information content (AvgIpc) is 2.28. The molecule has 1 aromatic carbocycles. The molecule has 2 nitrogen and oxygen atoms in total. The molecule has 102 valence electrons. The summed E-state index contributed by atoms with van der Waals surface area (Å²) in [4.78, 5) is 0. The molecule has 0 spiro atoms. The van der Waals surface area contributed by atoms with Crippen LogP contribution in [0.2, 0.25) is 0 Å². The zero-order chi connectivity index (χ0) is 13.6. The van der Waals surface area contributed by atoms with Crippen LogP contribution in [0.3, 0.4) is 0 Å². The summed E-state index contributed by atoms with van der Waals surface area (Å²) in [5.74, 6) is 0.244. The summed E-state index contributed by atoms with van der Waals surface area (Å²) < 4.78 is 42.2. The number of rotatable bonds is 6. The Balaban J connectivity index is 2.64. The van der Waals surface area contributed by atoms with E-state index < -0.39 is 18.5 Å². The Bertz CT molecular complexity index is 348. The molecule has 1 unspecified atom stereocenters. The highest BCUT2D eigenvalue weighted by atomic mass is 19.4. The Hall–Kier alpha value is -1.23. The van der Waals surface area contributed by atoms with Crippen LogP contribution in [0.15, 0.2) is 24.3 Å². The highest BCUT2D eigenvalue weighted by molar-refractivity contribution is 5.27. The minimum atomic E-state index is -4.13. The Morgan fingerprint density at radius 3 is 2.28 bits per heavy atom.